The quantitative estimate of drug-likeness (QED) is 0.316. The minimum absolute atomic E-state index is 0.0247. The number of fused-ring (bicyclic) bond motifs is 3. The van der Waals surface area contributed by atoms with Crippen LogP contribution in [0.1, 0.15) is 12.5 Å². The lowest BCUT2D eigenvalue weighted by Gasteiger charge is -2.13. The molecule has 12 heteroatoms. The Morgan fingerprint density at radius 1 is 1.14 bits per heavy atom. The zero-order valence-electron chi connectivity index (χ0n) is 19.4. The first-order valence-corrected chi connectivity index (χ1v) is 13.4. The molecule has 0 saturated heterocycles. The number of methoxy groups -OCH3 is 1. The third kappa shape index (κ3) is 4.76. The highest BCUT2D eigenvalue weighted by molar-refractivity contribution is 7.87. The van der Waals surface area contributed by atoms with Crippen molar-refractivity contribution < 1.29 is 22.1 Å². The predicted octanol–water partition coefficient (Wildman–Crippen LogP) is 3.85. The maximum absolute atomic E-state index is 13.1. The van der Waals surface area contributed by atoms with E-state index in [1.165, 1.54) is 61.8 Å². The zero-order chi connectivity index (χ0) is 26.3. The summed E-state index contributed by atoms with van der Waals surface area (Å²) < 4.78 is 38.4. The predicted molar refractivity (Wildman–Crippen MR) is 142 cm³/mol. The highest BCUT2D eigenvalue weighted by Crippen LogP contribution is 2.38. The SMILES string of the molecule is COc1cc(C=c2sc3nc4ccccc4n3c2=O)cc(Cl)c1OS(=O)(=O)c1ccc(NC(C)=O)cc1. The topological polar surface area (TPSA) is 116 Å². The Labute approximate surface area is 219 Å². The largest absolute Gasteiger partial charge is 0.493 e. The normalized spacial score (nSPS) is 12.2. The second-order valence-corrected chi connectivity index (χ2v) is 10.9. The molecule has 188 valence electrons. The highest BCUT2D eigenvalue weighted by atomic mass is 35.5. The minimum atomic E-state index is -4.27. The maximum Gasteiger partial charge on any atom is 0.339 e. The number of nitrogens with one attached hydrogen (secondary N) is 1. The number of ether oxygens (including phenoxy) is 1. The monoisotopic (exact) mass is 555 g/mol. The van der Waals surface area contributed by atoms with Crippen molar-refractivity contribution in [1.82, 2.24) is 9.38 Å². The second-order valence-electron chi connectivity index (χ2n) is 7.91. The van der Waals surface area contributed by atoms with Crippen molar-refractivity contribution in [3.63, 3.8) is 0 Å². The maximum atomic E-state index is 13.1. The molecule has 0 bridgehead atoms. The fourth-order valence-corrected chi connectivity index (χ4v) is 5.98. The van der Waals surface area contributed by atoms with Crippen molar-refractivity contribution in [3.8, 4) is 11.5 Å². The summed E-state index contributed by atoms with van der Waals surface area (Å²) >= 11 is 7.63. The summed E-state index contributed by atoms with van der Waals surface area (Å²) in [6, 6.07) is 15.9. The molecule has 37 heavy (non-hydrogen) atoms. The van der Waals surface area contributed by atoms with Gasteiger partial charge in [0.25, 0.3) is 5.56 Å². The molecule has 9 nitrogen and oxygen atoms in total. The van der Waals surface area contributed by atoms with E-state index in [2.05, 4.69) is 10.3 Å². The summed E-state index contributed by atoms with van der Waals surface area (Å²) in [6.45, 7) is 1.35. The fourth-order valence-electron chi connectivity index (χ4n) is 3.73. The molecule has 0 atom stereocenters. The summed E-state index contributed by atoms with van der Waals surface area (Å²) in [4.78, 5) is 29.2. The van der Waals surface area contributed by atoms with Crippen molar-refractivity contribution in [2.24, 2.45) is 0 Å². The van der Waals surface area contributed by atoms with Gasteiger partial charge >= 0.3 is 10.1 Å². The number of para-hydroxylation sites is 2. The molecule has 5 aromatic rings. The number of carbonyl (C=O) groups excluding carboxylic acids is 1. The number of nitrogens with zero attached hydrogens (tertiary/aromatic N) is 2. The summed E-state index contributed by atoms with van der Waals surface area (Å²) in [6.07, 6.45) is 1.63. The van der Waals surface area contributed by atoms with Crippen LogP contribution >= 0.6 is 22.9 Å². The number of anilines is 1. The van der Waals surface area contributed by atoms with Gasteiger partial charge in [0.05, 0.1) is 27.7 Å². The van der Waals surface area contributed by atoms with Gasteiger partial charge in [-0.2, -0.15) is 8.42 Å². The van der Waals surface area contributed by atoms with Crippen LogP contribution < -0.4 is 24.3 Å². The molecule has 1 amide bonds. The van der Waals surface area contributed by atoms with Crippen LogP contribution in [0.15, 0.2) is 70.4 Å². The van der Waals surface area contributed by atoms with E-state index in [0.717, 1.165) is 5.52 Å². The number of carbonyl (C=O) groups is 1. The van der Waals surface area contributed by atoms with Crippen molar-refractivity contribution in [2.75, 3.05) is 12.4 Å². The third-order valence-corrected chi connectivity index (χ3v) is 7.84. The molecule has 0 aliphatic carbocycles. The van der Waals surface area contributed by atoms with Gasteiger partial charge in [0.1, 0.15) is 4.90 Å². The molecule has 0 fully saturated rings. The Bertz CT molecular complexity index is 1900. The Morgan fingerprint density at radius 3 is 2.57 bits per heavy atom. The molecule has 0 aliphatic heterocycles. The molecule has 0 aliphatic rings. The van der Waals surface area contributed by atoms with Gasteiger partial charge in [0.2, 0.25) is 11.7 Å². The first-order chi connectivity index (χ1) is 17.7. The van der Waals surface area contributed by atoms with E-state index in [1.54, 1.807) is 10.5 Å². The summed E-state index contributed by atoms with van der Waals surface area (Å²) in [5.41, 5.74) is 2.17. The lowest BCUT2D eigenvalue weighted by Crippen LogP contribution is -2.22. The Balaban J connectivity index is 1.50. The summed E-state index contributed by atoms with van der Waals surface area (Å²) in [7, 11) is -2.92. The molecule has 0 spiro atoms. The number of hydrogen-bond acceptors (Lipinski definition) is 8. The van der Waals surface area contributed by atoms with Gasteiger partial charge in [0.15, 0.2) is 10.7 Å². The molecular formula is C25H18ClN3O6S2. The van der Waals surface area contributed by atoms with Crippen LogP contribution in [0.5, 0.6) is 11.5 Å². The van der Waals surface area contributed by atoms with E-state index in [9.17, 15) is 18.0 Å². The Morgan fingerprint density at radius 2 is 1.86 bits per heavy atom. The molecule has 5 rings (SSSR count). The third-order valence-electron chi connectivity index (χ3n) is 5.35. The minimum Gasteiger partial charge on any atom is -0.493 e. The van der Waals surface area contributed by atoms with Crippen LogP contribution in [0.3, 0.4) is 0 Å². The number of rotatable bonds is 6. The van der Waals surface area contributed by atoms with E-state index in [4.69, 9.17) is 20.5 Å². The second kappa shape index (κ2) is 9.51. The number of benzene rings is 3. The Kier molecular flexibility index (Phi) is 6.36. The van der Waals surface area contributed by atoms with E-state index in [1.807, 2.05) is 24.3 Å². The molecule has 0 saturated carbocycles. The van der Waals surface area contributed by atoms with Gasteiger partial charge in [-0.05, 0) is 60.2 Å². The van der Waals surface area contributed by atoms with Gasteiger partial charge in [-0.25, -0.2) is 9.38 Å². The number of halogens is 1. The molecule has 3 aromatic carbocycles. The van der Waals surface area contributed by atoms with Gasteiger partial charge in [-0.15, -0.1) is 0 Å². The highest BCUT2D eigenvalue weighted by Gasteiger charge is 2.22. The van der Waals surface area contributed by atoms with Crippen LogP contribution in [0.4, 0.5) is 5.69 Å². The lowest BCUT2D eigenvalue weighted by atomic mass is 10.2. The number of thiazole rings is 1. The average molecular weight is 556 g/mol. The Hall–Kier alpha value is -3.93. The van der Waals surface area contributed by atoms with Crippen molar-refractivity contribution in [1.29, 1.82) is 0 Å². The molecule has 2 aromatic heterocycles. The summed E-state index contributed by atoms with van der Waals surface area (Å²) in [5.74, 6) is -0.410. The fraction of sp³-hybridized carbons (Fsp3) is 0.0800. The molecule has 2 heterocycles. The molecular weight excluding hydrogens is 538 g/mol. The van der Waals surface area contributed by atoms with Gasteiger partial charge in [0, 0.05) is 12.6 Å². The van der Waals surface area contributed by atoms with Gasteiger partial charge < -0.3 is 14.2 Å². The van der Waals surface area contributed by atoms with Gasteiger partial charge in [-0.3, -0.25) is 9.59 Å². The van der Waals surface area contributed by atoms with Gasteiger partial charge in [-0.1, -0.05) is 35.1 Å². The van der Waals surface area contributed by atoms with Crippen LogP contribution in [-0.4, -0.2) is 30.8 Å². The number of amides is 1. The molecule has 0 unspecified atom stereocenters. The summed E-state index contributed by atoms with van der Waals surface area (Å²) in [5, 5.41) is 2.54. The van der Waals surface area contributed by atoms with Crippen LogP contribution in [0.2, 0.25) is 5.02 Å². The molecule has 0 radical (unpaired) electrons. The van der Waals surface area contributed by atoms with Crippen molar-refractivity contribution >= 4 is 66.7 Å². The van der Waals surface area contributed by atoms with Crippen LogP contribution in [-0.2, 0) is 14.9 Å². The van der Waals surface area contributed by atoms with E-state index >= 15 is 0 Å². The smallest absolute Gasteiger partial charge is 0.339 e. The lowest BCUT2D eigenvalue weighted by molar-refractivity contribution is -0.114. The van der Waals surface area contributed by atoms with Crippen LogP contribution in [0, 0.1) is 0 Å². The van der Waals surface area contributed by atoms with Crippen molar-refractivity contribution in [2.45, 2.75) is 11.8 Å². The number of hydrogen-bond donors (Lipinski definition) is 1. The first-order valence-electron chi connectivity index (χ1n) is 10.8. The molecule has 1 N–H and O–H groups in total. The number of imidazole rings is 1. The first kappa shape index (κ1) is 24.8. The van der Waals surface area contributed by atoms with Crippen LogP contribution in [0.25, 0.3) is 22.1 Å². The van der Waals surface area contributed by atoms with Crippen molar-refractivity contribution in [3.05, 3.63) is 86.1 Å². The average Bonchev–Trinajstić information content (AvgIpc) is 3.36. The van der Waals surface area contributed by atoms with E-state index in [-0.39, 0.29) is 32.9 Å². The number of aromatic nitrogens is 2. The standard InChI is InChI=1S/C25H18ClN3O6S2/c1-14(30)27-16-7-9-17(10-8-16)37(32,33)35-23-18(26)11-15(12-21(23)34-2)13-22-24(31)29-20-6-4-3-5-19(20)28-25(29)36-22/h3-13H,1-2H3,(H,27,30). The zero-order valence-corrected chi connectivity index (χ0v) is 21.8. The van der Waals surface area contributed by atoms with E-state index < -0.39 is 10.1 Å². The van der Waals surface area contributed by atoms with E-state index in [0.29, 0.717) is 26.3 Å².